The van der Waals surface area contributed by atoms with E-state index in [-0.39, 0.29) is 0 Å². The average Bonchev–Trinajstić information content (AvgIpc) is 2.44. The lowest BCUT2D eigenvalue weighted by Gasteiger charge is -2.30. The van der Waals surface area contributed by atoms with Crippen molar-refractivity contribution in [1.29, 1.82) is 0 Å². The first-order valence-electron chi connectivity index (χ1n) is 8.24. The summed E-state index contributed by atoms with van der Waals surface area (Å²) in [5.74, 6) is 0.810. The third-order valence-corrected chi connectivity index (χ3v) is 3.69. The van der Waals surface area contributed by atoms with E-state index in [4.69, 9.17) is 4.74 Å². The van der Waals surface area contributed by atoms with Crippen molar-refractivity contribution in [3.63, 3.8) is 0 Å². The van der Waals surface area contributed by atoms with Crippen molar-refractivity contribution >= 4 is 0 Å². The van der Waals surface area contributed by atoms with E-state index >= 15 is 0 Å². The van der Waals surface area contributed by atoms with E-state index in [1.165, 1.54) is 0 Å². The molecular formula is C18H32N2O2. The zero-order valence-corrected chi connectivity index (χ0v) is 14.7. The first kappa shape index (κ1) is 18.9. The molecule has 0 aliphatic heterocycles. The summed E-state index contributed by atoms with van der Waals surface area (Å²) in [7, 11) is 0. The van der Waals surface area contributed by atoms with Crippen molar-refractivity contribution in [2.45, 2.75) is 52.8 Å². The summed E-state index contributed by atoms with van der Waals surface area (Å²) in [6, 6.07) is 8.95. The third-order valence-electron chi connectivity index (χ3n) is 3.69. The number of benzene rings is 1. The topological polar surface area (TPSA) is 44.7 Å². The standard InChI is InChI=1S/C18H32N2O2/c1-14(2)20(15(3)4)10-9-19-12-17(21)13-22-18-8-6-7-16(5)11-18/h6-8,11,14-15,17,19,21H,9-10,12-13H2,1-5H3. The fourth-order valence-corrected chi connectivity index (χ4v) is 2.55. The molecule has 0 fully saturated rings. The second-order valence-corrected chi connectivity index (χ2v) is 6.41. The predicted octanol–water partition coefficient (Wildman–Crippen LogP) is 2.44. The highest BCUT2D eigenvalue weighted by Gasteiger charge is 2.12. The number of hydrogen-bond acceptors (Lipinski definition) is 4. The number of ether oxygens (including phenoxy) is 1. The Balaban J connectivity index is 2.19. The highest BCUT2D eigenvalue weighted by Crippen LogP contribution is 2.12. The van der Waals surface area contributed by atoms with Crippen LogP contribution in [0.15, 0.2) is 24.3 Å². The molecule has 0 aromatic heterocycles. The molecule has 22 heavy (non-hydrogen) atoms. The molecule has 4 heteroatoms. The van der Waals surface area contributed by atoms with E-state index in [0.29, 0.717) is 25.2 Å². The number of nitrogens with one attached hydrogen (secondary N) is 1. The summed E-state index contributed by atoms with van der Waals surface area (Å²) in [5.41, 5.74) is 1.16. The highest BCUT2D eigenvalue weighted by molar-refractivity contribution is 5.27. The monoisotopic (exact) mass is 308 g/mol. The van der Waals surface area contributed by atoms with Crippen LogP contribution in [-0.4, -0.2) is 54.4 Å². The van der Waals surface area contributed by atoms with Crippen LogP contribution in [0, 0.1) is 6.92 Å². The van der Waals surface area contributed by atoms with Gasteiger partial charge in [-0.3, -0.25) is 4.90 Å². The Bertz CT molecular complexity index is 413. The molecule has 0 heterocycles. The van der Waals surface area contributed by atoms with E-state index in [9.17, 15) is 5.11 Å². The molecule has 0 aliphatic rings. The van der Waals surface area contributed by atoms with Gasteiger partial charge >= 0.3 is 0 Å². The fourth-order valence-electron chi connectivity index (χ4n) is 2.55. The first-order valence-corrected chi connectivity index (χ1v) is 8.24. The van der Waals surface area contributed by atoms with Crippen molar-refractivity contribution in [3.05, 3.63) is 29.8 Å². The van der Waals surface area contributed by atoms with Gasteiger partial charge < -0.3 is 15.2 Å². The van der Waals surface area contributed by atoms with Gasteiger partial charge in [-0.2, -0.15) is 0 Å². The molecule has 1 aromatic carbocycles. The Morgan fingerprint density at radius 3 is 2.45 bits per heavy atom. The van der Waals surface area contributed by atoms with Crippen molar-refractivity contribution in [1.82, 2.24) is 10.2 Å². The summed E-state index contributed by atoms with van der Waals surface area (Å²) in [4.78, 5) is 2.43. The van der Waals surface area contributed by atoms with Crippen LogP contribution in [0.3, 0.4) is 0 Å². The Morgan fingerprint density at radius 2 is 1.86 bits per heavy atom. The zero-order chi connectivity index (χ0) is 16.5. The quantitative estimate of drug-likeness (QED) is 0.652. The molecule has 1 aromatic rings. The second-order valence-electron chi connectivity index (χ2n) is 6.41. The van der Waals surface area contributed by atoms with Crippen molar-refractivity contribution < 1.29 is 9.84 Å². The van der Waals surface area contributed by atoms with Crippen LogP contribution < -0.4 is 10.1 Å². The van der Waals surface area contributed by atoms with Gasteiger partial charge in [-0.05, 0) is 52.3 Å². The maximum Gasteiger partial charge on any atom is 0.119 e. The van der Waals surface area contributed by atoms with Gasteiger partial charge in [0, 0.05) is 31.7 Å². The van der Waals surface area contributed by atoms with Crippen molar-refractivity contribution in [2.24, 2.45) is 0 Å². The number of aryl methyl sites for hydroxylation is 1. The average molecular weight is 308 g/mol. The normalized spacial score (nSPS) is 13.1. The molecule has 1 unspecified atom stereocenters. The maximum atomic E-state index is 9.96. The first-order chi connectivity index (χ1) is 10.4. The van der Waals surface area contributed by atoms with Crippen LogP contribution in [0.5, 0.6) is 5.75 Å². The summed E-state index contributed by atoms with van der Waals surface area (Å²) in [5, 5.41) is 13.3. The van der Waals surface area contributed by atoms with Gasteiger partial charge in [0.1, 0.15) is 18.5 Å². The minimum atomic E-state index is -0.493. The van der Waals surface area contributed by atoms with Crippen LogP contribution in [0.1, 0.15) is 33.3 Å². The van der Waals surface area contributed by atoms with E-state index in [1.807, 2.05) is 31.2 Å². The zero-order valence-electron chi connectivity index (χ0n) is 14.7. The summed E-state index contributed by atoms with van der Waals surface area (Å²) in [6.07, 6.45) is -0.493. The van der Waals surface area contributed by atoms with Gasteiger partial charge in [0.2, 0.25) is 0 Å². The molecule has 1 rings (SSSR count). The molecule has 126 valence electrons. The Labute approximate surface area is 135 Å². The van der Waals surface area contributed by atoms with E-state index in [0.717, 1.165) is 24.4 Å². The molecule has 1 atom stereocenters. The van der Waals surface area contributed by atoms with Crippen LogP contribution in [-0.2, 0) is 0 Å². The summed E-state index contributed by atoms with van der Waals surface area (Å²) in [6.45, 7) is 13.6. The number of aliphatic hydroxyl groups excluding tert-OH is 1. The van der Waals surface area contributed by atoms with Crippen LogP contribution in [0.25, 0.3) is 0 Å². The Morgan fingerprint density at radius 1 is 1.18 bits per heavy atom. The van der Waals surface area contributed by atoms with Crippen molar-refractivity contribution in [3.8, 4) is 5.75 Å². The fraction of sp³-hybridized carbons (Fsp3) is 0.667. The lowest BCUT2D eigenvalue weighted by molar-refractivity contribution is 0.104. The van der Waals surface area contributed by atoms with Gasteiger partial charge in [0.05, 0.1) is 0 Å². The van der Waals surface area contributed by atoms with Crippen LogP contribution in [0.4, 0.5) is 0 Å². The lowest BCUT2D eigenvalue weighted by Crippen LogP contribution is -2.43. The summed E-state index contributed by atoms with van der Waals surface area (Å²) < 4.78 is 5.60. The van der Waals surface area contributed by atoms with Crippen LogP contribution in [0.2, 0.25) is 0 Å². The molecule has 4 nitrogen and oxygen atoms in total. The highest BCUT2D eigenvalue weighted by atomic mass is 16.5. The largest absolute Gasteiger partial charge is 0.491 e. The molecule has 0 spiro atoms. The van der Waals surface area contributed by atoms with Gasteiger partial charge in [-0.1, -0.05) is 12.1 Å². The van der Waals surface area contributed by atoms with E-state index in [2.05, 4.69) is 37.9 Å². The minimum absolute atomic E-state index is 0.314. The van der Waals surface area contributed by atoms with Gasteiger partial charge in [-0.15, -0.1) is 0 Å². The summed E-state index contributed by atoms with van der Waals surface area (Å²) >= 11 is 0. The predicted molar refractivity (Wildman–Crippen MR) is 92.5 cm³/mol. The molecular weight excluding hydrogens is 276 g/mol. The molecule has 0 saturated carbocycles. The number of aliphatic hydroxyl groups is 1. The smallest absolute Gasteiger partial charge is 0.119 e. The number of hydrogen-bond donors (Lipinski definition) is 2. The maximum absolute atomic E-state index is 9.96. The van der Waals surface area contributed by atoms with E-state index < -0.39 is 6.10 Å². The van der Waals surface area contributed by atoms with Crippen LogP contribution >= 0.6 is 0 Å². The second kappa shape index (κ2) is 9.82. The molecule has 0 amide bonds. The molecule has 0 saturated heterocycles. The molecule has 0 aliphatic carbocycles. The number of rotatable bonds is 10. The number of nitrogens with zero attached hydrogens (tertiary/aromatic N) is 1. The Kier molecular flexibility index (Phi) is 8.46. The molecule has 0 bridgehead atoms. The van der Waals surface area contributed by atoms with Gasteiger partial charge in [0.25, 0.3) is 0 Å². The Hall–Kier alpha value is -1.10. The lowest BCUT2D eigenvalue weighted by atomic mass is 10.2. The third kappa shape index (κ3) is 7.25. The van der Waals surface area contributed by atoms with Crippen molar-refractivity contribution in [2.75, 3.05) is 26.2 Å². The van der Waals surface area contributed by atoms with Gasteiger partial charge in [-0.25, -0.2) is 0 Å². The SMILES string of the molecule is Cc1cccc(OCC(O)CNCCN(C(C)C)C(C)C)c1. The van der Waals surface area contributed by atoms with Gasteiger partial charge in [0.15, 0.2) is 0 Å². The minimum Gasteiger partial charge on any atom is -0.491 e. The van der Waals surface area contributed by atoms with E-state index in [1.54, 1.807) is 0 Å². The molecule has 0 radical (unpaired) electrons. The molecule has 2 N–H and O–H groups in total.